The Morgan fingerprint density at radius 1 is 1.14 bits per heavy atom. The van der Waals surface area contributed by atoms with Crippen LogP contribution in [-0.4, -0.2) is 24.8 Å². The fourth-order valence-corrected chi connectivity index (χ4v) is 1.61. The van der Waals surface area contributed by atoms with Crippen molar-refractivity contribution in [3.63, 3.8) is 0 Å². The Balaban J connectivity index is 2.59. The number of nitrogens with zero attached hydrogens (tertiary/aromatic N) is 1. The van der Waals surface area contributed by atoms with Gasteiger partial charge in [0.05, 0.1) is 5.60 Å². The minimum atomic E-state index is -0.148. The fraction of sp³-hybridized carbons (Fsp3) is 0.500. The van der Waals surface area contributed by atoms with Crippen LogP contribution in [0.25, 0.3) is 0 Å². The summed E-state index contributed by atoms with van der Waals surface area (Å²) in [5.41, 5.74) is 1.16. The molecule has 0 unspecified atom stereocenters. The Bertz CT molecular complexity index is 267. The average Bonchev–Trinajstić information content (AvgIpc) is 2.02. The minimum absolute atomic E-state index is 0.148. The standard InChI is InChI=1S/C12H19NO/c1-12(2,14-13(3)4)10-11-8-6-5-7-9-11/h5-9H,10H2,1-4H3. The first-order chi connectivity index (χ1) is 6.49. The lowest BCUT2D eigenvalue weighted by Gasteiger charge is -2.28. The van der Waals surface area contributed by atoms with Crippen LogP contribution in [0.3, 0.4) is 0 Å². The molecule has 0 radical (unpaired) electrons. The lowest BCUT2D eigenvalue weighted by molar-refractivity contribution is -0.205. The van der Waals surface area contributed by atoms with E-state index in [4.69, 9.17) is 4.84 Å². The molecule has 1 rings (SSSR count). The van der Waals surface area contributed by atoms with Gasteiger partial charge in [0.15, 0.2) is 0 Å². The molecule has 78 valence electrons. The second-order valence-electron chi connectivity index (χ2n) is 4.33. The maximum absolute atomic E-state index is 5.67. The molecule has 0 atom stereocenters. The first-order valence-corrected chi connectivity index (χ1v) is 4.90. The van der Waals surface area contributed by atoms with E-state index in [1.54, 1.807) is 5.06 Å². The summed E-state index contributed by atoms with van der Waals surface area (Å²) in [6, 6.07) is 10.4. The van der Waals surface area contributed by atoms with E-state index < -0.39 is 0 Å². The Kier molecular flexibility index (Phi) is 3.67. The Morgan fingerprint density at radius 3 is 2.21 bits per heavy atom. The van der Waals surface area contributed by atoms with Crippen molar-refractivity contribution in [1.29, 1.82) is 0 Å². The van der Waals surface area contributed by atoms with Gasteiger partial charge in [0, 0.05) is 20.5 Å². The molecular weight excluding hydrogens is 174 g/mol. The van der Waals surface area contributed by atoms with Crippen molar-refractivity contribution < 1.29 is 4.84 Å². The smallest absolute Gasteiger partial charge is 0.0883 e. The molecule has 1 aromatic carbocycles. The van der Waals surface area contributed by atoms with E-state index in [9.17, 15) is 0 Å². The van der Waals surface area contributed by atoms with E-state index in [1.807, 2.05) is 20.2 Å². The molecule has 0 saturated carbocycles. The van der Waals surface area contributed by atoms with E-state index in [1.165, 1.54) is 5.56 Å². The van der Waals surface area contributed by atoms with Gasteiger partial charge >= 0.3 is 0 Å². The summed E-state index contributed by atoms with van der Waals surface area (Å²) in [7, 11) is 3.82. The number of benzene rings is 1. The zero-order valence-corrected chi connectivity index (χ0v) is 9.45. The minimum Gasteiger partial charge on any atom is -0.293 e. The second-order valence-corrected chi connectivity index (χ2v) is 4.33. The molecule has 0 spiro atoms. The summed E-state index contributed by atoms with van der Waals surface area (Å²) in [5.74, 6) is 0. The molecule has 0 aromatic heterocycles. The van der Waals surface area contributed by atoms with Gasteiger partial charge in [0.2, 0.25) is 0 Å². The van der Waals surface area contributed by atoms with E-state index in [2.05, 4.69) is 38.1 Å². The lowest BCUT2D eigenvalue weighted by atomic mass is 9.99. The van der Waals surface area contributed by atoms with Crippen molar-refractivity contribution >= 4 is 0 Å². The summed E-state index contributed by atoms with van der Waals surface area (Å²) in [6.45, 7) is 4.19. The van der Waals surface area contributed by atoms with E-state index in [0.29, 0.717) is 0 Å². The van der Waals surface area contributed by atoms with Crippen molar-refractivity contribution in [2.24, 2.45) is 0 Å². The topological polar surface area (TPSA) is 12.5 Å². The van der Waals surface area contributed by atoms with E-state index >= 15 is 0 Å². The quantitative estimate of drug-likeness (QED) is 0.681. The highest BCUT2D eigenvalue weighted by Crippen LogP contribution is 2.17. The van der Waals surface area contributed by atoms with Crippen LogP contribution in [-0.2, 0) is 11.3 Å². The molecule has 0 fully saturated rings. The first kappa shape index (κ1) is 11.2. The van der Waals surface area contributed by atoms with E-state index in [0.717, 1.165) is 6.42 Å². The zero-order valence-electron chi connectivity index (χ0n) is 9.45. The van der Waals surface area contributed by atoms with Gasteiger partial charge in [-0.15, -0.1) is 0 Å². The second kappa shape index (κ2) is 4.58. The fourth-order valence-electron chi connectivity index (χ4n) is 1.61. The predicted molar refractivity (Wildman–Crippen MR) is 59.0 cm³/mol. The van der Waals surface area contributed by atoms with Crippen LogP contribution in [0.1, 0.15) is 19.4 Å². The number of hydroxylamine groups is 2. The molecule has 0 aliphatic rings. The summed E-state index contributed by atoms with van der Waals surface area (Å²) < 4.78 is 0. The lowest BCUT2D eigenvalue weighted by Crippen LogP contribution is -2.33. The predicted octanol–water partition coefficient (Wildman–Crippen LogP) is 2.50. The molecule has 0 aliphatic carbocycles. The zero-order chi connectivity index (χ0) is 10.6. The van der Waals surface area contributed by atoms with Crippen LogP contribution in [0.5, 0.6) is 0 Å². The number of hydrogen-bond acceptors (Lipinski definition) is 2. The highest BCUT2D eigenvalue weighted by molar-refractivity contribution is 5.16. The summed E-state index contributed by atoms with van der Waals surface area (Å²) in [6.07, 6.45) is 0.923. The Hall–Kier alpha value is -0.860. The molecule has 1 aromatic rings. The van der Waals surface area contributed by atoms with Crippen molar-refractivity contribution in [2.75, 3.05) is 14.1 Å². The SMILES string of the molecule is CN(C)OC(C)(C)Cc1ccccc1. The van der Waals surface area contributed by atoms with E-state index in [-0.39, 0.29) is 5.60 Å². The molecule has 14 heavy (non-hydrogen) atoms. The Morgan fingerprint density at radius 2 is 1.71 bits per heavy atom. The van der Waals surface area contributed by atoms with Crippen LogP contribution < -0.4 is 0 Å². The maximum atomic E-state index is 5.67. The van der Waals surface area contributed by atoms with Crippen LogP contribution in [0.15, 0.2) is 30.3 Å². The van der Waals surface area contributed by atoms with Crippen molar-refractivity contribution in [3.8, 4) is 0 Å². The third-order valence-corrected chi connectivity index (χ3v) is 1.90. The van der Waals surface area contributed by atoms with Crippen LogP contribution in [0.4, 0.5) is 0 Å². The average molecular weight is 193 g/mol. The summed E-state index contributed by atoms with van der Waals surface area (Å²) in [4.78, 5) is 5.67. The van der Waals surface area contributed by atoms with Crippen molar-refractivity contribution in [2.45, 2.75) is 25.9 Å². The molecule has 2 nitrogen and oxygen atoms in total. The number of rotatable bonds is 4. The van der Waals surface area contributed by atoms with Gasteiger partial charge in [0.1, 0.15) is 0 Å². The Labute approximate surface area is 86.4 Å². The first-order valence-electron chi connectivity index (χ1n) is 4.90. The van der Waals surface area contributed by atoms with Gasteiger partial charge in [0.25, 0.3) is 0 Å². The largest absolute Gasteiger partial charge is 0.293 e. The number of hydrogen-bond donors (Lipinski definition) is 0. The van der Waals surface area contributed by atoms with Gasteiger partial charge in [-0.1, -0.05) is 30.3 Å². The molecule has 0 saturated heterocycles. The highest BCUT2D eigenvalue weighted by Gasteiger charge is 2.20. The van der Waals surface area contributed by atoms with Crippen LogP contribution in [0.2, 0.25) is 0 Å². The van der Waals surface area contributed by atoms with Gasteiger partial charge in [-0.3, -0.25) is 4.84 Å². The molecule has 0 amide bonds. The van der Waals surface area contributed by atoms with Gasteiger partial charge in [-0.05, 0) is 19.4 Å². The molecular formula is C12H19NO. The van der Waals surface area contributed by atoms with Crippen LogP contribution >= 0.6 is 0 Å². The molecule has 0 aliphatic heterocycles. The third-order valence-electron chi connectivity index (χ3n) is 1.90. The van der Waals surface area contributed by atoms with Gasteiger partial charge in [-0.2, -0.15) is 5.06 Å². The summed E-state index contributed by atoms with van der Waals surface area (Å²) in [5, 5.41) is 1.75. The van der Waals surface area contributed by atoms with Gasteiger partial charge in [-0.25, -0.2) is 0 Å². The van der Waals surface area contributed by atoms with Crippen molar-refractivity contribution in [1.82, 2.24) is 5.06 Å². The van der Waals surface area contributed by atoms with Crippen molar-refractivity contribution in [3.05, 3.63) is 35.9 Å². The molecule has 0 bridgehead atoms. The molecule has 0 N–H and O–H groups in total. The molecule has 0 heterocycles. The molecule has 2 heteroatoms. The third kappa shape index (κ3) is 3.90. The monoisotopic (exact) mass is 193 g/mol. The summed E-state index contributed by atoms with van der Waals surface area (Å²) >= 11 is 0. The normalized spacial score (nSPS) is 12.1. The van der Waals surface area contributed by atoms with Gasteiger partial charge < -0.3 is 0 Å². The highest BCUT2D eigenvalue weighted by atomic mass is 16.7. The van der Waals surface area contributed by atoms with Crippen LogP contribution in [0, 0.1) is 0 Å². The maximum Gasteiger partial charge on any atom is 0.0883 e.